The lowest BCUT2D eigenvalue weighted by Gasteiger charge is -2.16. The second kappa shape index (κ2) is 12.6. The number of benzene rings is 2. The highest BCUT2D eigenvalue weighted by atomic mass is 35.5. The summed E-state index contributed by atoms with van der Waals surface area (Å²) in [6.45, 7) is 6.10. The Balaban J connectivity index is 1.79. The van der Waals surface area contributed by atoms with Crippen LogP contribution in [-0.2, 0) is 0 Å². The van der Waals surface area contributed by atoms with Crippen molar-refractivity contribution in [2.75, 3.05) is 33.3 Å². The zero-order valence-electron chi connectivity index (χ0n) is 17.6. The summed E-state index contributed by atoms with van der Waals surface area (Å²) in [5.41, 5.74) is 0.461. The molecule has 0 aliphatic heterocycles. The number of hydrogen-bond donors (Lipinski definition) is 3. The van der Waals surface area contributed by atoms with Crippen molar-refractivity contribution >= 4 is 23.5 Å². The van der Waals surface area contributed by atoms with Gasteiger partial charge in [-0.15, -0.1) is 0 Å². The molecule has 0 spiro atoms. The molecule has 0 aliphatic carbocycles. The first-order chi connectivity index (χ1) is 14.5. The van der Waals surface area contributed by atoms with Gasteiger partial charge in [0, 0.05) is 25.7 Å². The first-order valence-electron chi connectivity index (χ1n) is 9.89. The van der Waals surface area contributed by atoms with Crippen molar-refractivity contribution in [2.24, 2.45) is 4.99 Å². The van der Waals surface area contributed by atoms with Crippen molar-refractivity contribution in [1.29, 1.82) is 0 Å². The third kappa shape index (κ3) is 7.83. The Morgan fingerprint density at radius 3 is 2.53 bits per heavy atom. The van der Waals surface area contributed by atoms with Crippen LogP contribution in [0.2, 0.25) is 5.02 Å². The summed E-state index contributed by atoms with van der Waals surface area (Å²) in [4.78, 5) is 16.7. The SMILES string of the molecule is CCNC(=NCC(C)Oc1cccc(OC)c1)NCCNC(=O)c1ccccc1Cl. The van der Waals surface area contributed by atoms with Gasteiger partial charge in [-0.2, -0.15) is 0 Å². The maximum Gasteiger partial charge on any atom is 0.252 e. The van der Waals surface area contributed by atoms with E-state index < -0.39 is 0 Å². The van der Waals surface area contributed by atoms with E-state index in [1.54, 1.807) is 31.4 Å². The van der Waals surface area contributed by atoms with E-state index in [9.17, 15) is 4.79 Å². The molecular formula is C22H29ClN4O3. The average Bonchev–Trinajstić information content (AvgIpc) is 2.75. The molecule has 0 saturated carbocycles. The van der Waals surface area contributed by atoms with Crippen LogP contribution in [0.5, 0.6) is 11.5 Å². The molecule has 0 heterocycles. The van der Waals surface area contributed by atoms with Crippen molar-refractivity contribution in [3.8, 4) is 11.5 Å². The molecule has 2 aromatic rings. The number of amides is 1. The molecule has 0 fully saturated rings. The van der Waals surface area contributed by atoms with E-state index in [-0.39, 0.29) is 12.0 Å². The summed E-state index contributed by atoms with van der Waals surface area (Å²) in [6.07, 6.45) is -0.118. The molecule has 1 atom stereocenters. The summed E-state index contributed by atoms with van der Waals surface area (Å²) in [7, 11) is 1.62. The Kier molecular flexibility index (Phi) is 9.80. The third-order valence-corrected chi connectivity index (χ3v) is 4.38. The number of nitrogens with one attached hydrogen (secondary N) is 3. The van der Waals surface area contributed by atoms with Crippen LogP contribution in [0, 0.1) is 0 Å². The maximum absolute atomic E-state index is 12.2. The molecule has 30 heavy (non-hydrogen) atoms. The average molecular weight is 433 g/mol. The summed E-state index contributed by atoms with van der Waals surface area (Å²) in [5.74, 6) is 1.93. The zero-order chi connectivity index (χ0) is 21.8. The summed E-state index contributed by atoms with van der Waals surface area (Å²) in [6, 6.07) is 14.4. The first kappa shape index (κ1) is 23.3. The van der Waals surface area contributed by atoms with Gasteiger partial charge >= 0.3 is 0 Å². The van der Waals surface area contributed by atoms with E-state index >= 15 is 0 Å². The van der Waals surface area contributed by atoms with E-state index in [4.69, 9.17) is 21.1 Å². The number of hydrogen-bond acceptors (Lipinski definition) is 4. The van der Waals surface area contributed by atoms with Crippen LogP contribution in [0.15, 0.2) is 53.5 Å². The van der Waals surface area contributed by atoms with E-state index in [1.807, 2.05) is 38.1 Å². The van der Waals surface area contributed by atoms with Gasteiger partial charge in [0.05, 0.1) is 24.2 Å². The smallest absolute Gasteiger partial charge is 0.252 e. The minimum atomic E-state index is -0.204. The Bertz CT molecular complexity index is 845. The van der Waals surface area contributed by atoms with Crippen molar-refractivity contribution < 1.29 is 14.3 Å². The number of carbonyl (C=O) groups excluding carboxylic acids is 1. The number of carbonyl (C=O) groups is 1. The molecule has 2 aromatic carbocycles. The minimum Gasteiger partial charge on any atom is -0.497 e. The monoisotopic (exact) mass is 432 g/mol. The molecule has 0 bridgehead atoms. The predicted molar refractivity (Wildman–Crippen MR) is 121 cm³/mol. The molecule has 0 aromatic heterocycles. The Morgan fingerprint density at radius 1 is 1.07 bits per heavy atom. The molecule has 1 amide bonds. The van der Waals surface area contributed by atoms with E-state index in [0.29, 0.717) is 36.2 Å². The number of nitrogens with zero attached hydrogens (tertiary/aromatic N) is 1. The van der Waals surface area contributed by atoms with Gasteiger partial charge in [0.25, 0.3) is 5.91 Å². The fourth-order valence-electron chi connectivity index (χ4n) is 2.60. The molecule has 8 heteroatoms. The van der Waals surface area contributed by atoms with E-state index in [1.165, 1.54) is 0 Å². The van der Waals surface area contributed by atoms with Gasteiger partial charge in [0.2, 0.25) is 0 Å². The highest BCUT2D eigenvalue weighted by molar-refractivity contribution is 6.33. The van der Waals surface area contributed by atoms with Crippen molar-refractivity contribution in [3.05, 3.63) is 59.1 Å². The van der Waals surface area contributed by atoms with Gasteiger partial charge < -0.3 is 25.4 Å². The Morgan fingerprint density at radius 2 is 1.80 bits per heavy atom. The molecule has 0 radical (unpaired) electrons. The molecule has 162 valence electrons. The van der Waals surface area contributed by atoms with Crippen molar-refractivity contribution in [3.63, 3.8) is 0 Å². The molecule has 0 aliphatic rings. The molecule has 3 N–H and O–H groups in total. The second-order valence-corrected chi connectivity index (χ2v) is 6.90. The van der Waals surface area contributed by atoms with Gasteiger partial charge in [-0.05, 0) is 38.1 Å². The van der Waals surface area contributed by atoms with E-state index in [0.717, 1.165) is 18.0 Å². The van der Waals surface area contributed by atoms with Crippen LogP contribution in [0.1, 0.15) is 24.2 Å². The minimum absolute atomic E-state index is 0.118. The van der Waals surface area contributed by atoms with Crippen LogP contribution < -0.4 is 25.4 Å². The van der Waals surface area contributed by atoms with Crippen LogP contribution in [0.4, 0.5) is 0 Å². The van der Waals surface area contributed by atoms with Crippen LogP contribution in [-0.4, -0.2) is 51.3 Å². The Labute approximate surface area is 182 Å². The van der Waals surface area contributed by atoms with Crippen molar-refractivity contribution in [2.45, 2.75) is 20.0 Å². The zero-order valence-corrected chi connectivity index (χ0v) is 18.3. The summed E-state index contributed by atoms with van der Waals surface area (Å²) < 4.78 is 11.1. The van der Waals surface area contributed by atoms with Gasteiger partial charge in [-0.3, -0.25) is 4.79 Å². The number of methoxy groups -OCH3 is 1. The predicted octanol–water partition coefficient (Wildman–Crippen LogP) is 3.10. The normalized spacial score (nSPS) is 12.1. The summed E-state index contributed by atoms with van der Waals surface area (Å²) in [5, 5.41) is 9.65. The molecular weight excluding hydrogens is 404 g/mol. The lowest BCUT2D eigenvalue weighted by atomic mass is 10.2. The van der Waals surface area contributed by atoms with E-state index in [2.05, 4.69) is 20.9 Å². The van der Waals surface area contributed by atoms with Gasteiger partial charge in [0.1, 0.15) is 17.6 Å². The van der Waals surface area contributed by atoms with Crippen molar-refractivity contribution in [1.82, 2.24) is 16.0 Å². The van der Waals surface area contributed by atoms with Crippen LogP contribution in [0.3, 0.4) is 0 Å². The molecule has 1 unspecified atom stereocenters. The largest absolute Gasteiger partial charge is 0.497 e. The molecule has 2 rings (SSSR count). The second-order valence-electron chi connectivity index (χ2n) is 6.49. The lowest BCUT2D eigenvalue weighted by molar-refractivity contribution is 0.0954. The highest BCUT2D eigenvalue weighted by Crippen LogP contribution is 2.20. The lowest BCUT2D eigenvalue weighted by Crippen LogP contribution is -2.42. The number of rotatable bonds is 10. The maximum atomic E-state index is 12.2. The third-order valence-electron chi connectivity index (χ3n) is 4.05. The molecule has 7 nitrogen and oxygen atoms in total. The van der Waals surface area contributed by atoms with Gasteiger partial charge in [0.15, 0.2) is 5.96 Å². The Hall–Kier alpha value is -2.93. The van der Waals surface area contributed by atoms with Crippen LogP contribution >= 0.6 is 11.6 Å². The molecule has 0 saturated heterocycles. The van der Waals surface area contributed by atoms with Gasteiger partial charge in [-0.25, -0.2) is 4.99 Å². The quantitative estimate of drug-likeness (QED) is 0.305. The fourth-order valence-corrected chi connectivity index (χ4v) is 2.82. The highest BCUT2D eigenvalue weighted by Gasteiger charge is 2.09. The standard InChI is InChI=1S/C22H29ClN4O3/c1-4-24-22(26-13-12-25-21(28)19-10-5-6-11-20(19)23)27-15-16(2)30-18-9-7-8-17(14-18)29-3/h5-11,14,16H,4,12-13,15H2,1-3H3,(H,25,28)(H2,24,26,27). The summed E-state index contributed by atoms with van der Waals surface area (Å²) >= 11 is 6.04. The number of halogens is 1. The first-order valence-corrected chi connectivity index (χ1v) is 10.3. The number of aliphatic imine (C=N–C) groups is 1. The topological polar surface area (TPSA) is 84.0 Å². The number of ether oxygens (including phenoxy) is 2. The van der Waals surface area contributed by atoms with Gasteiger partial charge in [-0.1, -0.05) is 29.8 Å². The number of guanidine groups is 1. The fraction of sp³-hybridized carbons (Fsp3) is 0.364. The van der Waals surface area contributed by atoms with Crippen LogP contribution in [0.25, 0.3) is 0 Å².